The fourth-order valence-electron chi connectivity index (χ4n) is 2.41. The highest BCUT2D eigenvalue weighted by molar-refractivity contribution is 9.10. The second kappa shape index (κ2) is 6.19. The van der Waals surface area contributed by atoms with E-state index in [2.05, 4.69) is 15.9 Å². The van der Waals surface area contributed by atoms with Crippen molar-refractivity contribution in [2.75, 3.05) is 11.4 Å². The third-order valence-electron chi connectivity index (χ3n) is 3.52. The van der Waals surface area contributed by atoms with E-state index in [-0.39, 0.29) is 11.7 Å². The highest BCUT2D eigenvalue weighted by Crippen LogP contribution is 2.28. The normalized spacial score (nSPS) is 20.4. The van der Waals surface area contributed by atoms with E-state index in [1.165, 1.54) is 0 Å². The molecule has 5 heteroatoms. The maximum atomic E-state index is 12.5. The van der Waals surface area contributed by atoms with E-state index in [9.17, 15) is 9.59 Å². The van der Waals surface area contributed by atoms with Crippen LogP contribution in [0.2, 0.25) is 0 Å². The third-order valence-corrected chi connectivity index (χ3v) is 4.02. The lowest BCUT2D eigenvalue weighted by Gasteiger charge is -2.32. The van der Waals surface area contributed by atoms with Crippen molar-refractivity contribution in [1.29, 1.82) is 5.26 Å². The van der Waals surface area contributed by atoms with Gasteiger partial charge in [-0.1, -0.05) is 22.0 Å². The van der Waals surface area contributed by atoms with Crippen LogP contribution >= 0.6 is 15.9 Å². The molecular formula is C15H15BrN2O2. The molecule has 0 N–H and O–H groups in total. The molecule has 1 aromatic carbocycles. The lowest BCUT2D eigenvalue weighted by molar-refractivity contribution is -0.135. The molecule has 0 radical (unpaired) electrons. The fourth-order valence-corrected chi connectivity index (χ4v) is 2.79. The van der Waals surface area contributed by atoms with Crippen molar-refractivity contribution >= 4 is 33.3 Å². The van der Waals surface area contributed by atoms with Crippen molar-refractivity contribution in [3.8, 4) is 6.07 Å². The summed E-state index contributed by atoms with van der Waals surface area (Å²) in [6.07, 6.45) is 1.31. The largest absolute Gasteiger partial charge is 0.312 e. The maximum Gasteiger partial charge on any atom is 0.237 e. The third kappa shape index (κ3) is 2.91. The summed E-state index contributed by atoms with van der Waals surface area (Å²) in [5, 5.41) is 8.84. The zero-order chi connectivity index (χ0) is 14.7. The zero-order valence-electron chi connectivity index (χ0n) is 11.2. The fraction of sp³-hybridized carbons (Fsp3) is 0.400. The molecule has 2 rings (SSSR count). The van der Waals surface area contributed by atoms with Crippen molar-refractivity contribution in [1.82, 2.24) is 0 Å². The number of ketones is 1. The van der Waals surface area contributed by atoms with Gasteiger partial charge in [-0.05, 0) is 38.0 Å². The van der Waals surface area contributed by atoms with Crippen LogP contribution < -0.4 is 4.90 Å². The molecule has 0 aliphatic carbocycles. The number of anilines is 1. The molecule has 0 bridgehead atoms. The van der Waals surface area contributed by atoms with Crippen molar-refractivity contribution in [2.45, 2.75) is 19.8 Å². The topological polar surface area (TPSA) is 61.2 Å². The number of benzene rings is 1. The molecule has 2 unspecified atom stereocenters. The Bertz CT molecular complexity index is 579. The monoisotopic (exact) mass is 334 g/mol. The predicted molar refractivity (Wildman–Crippen MR) is 79.0 cm³/mol. The first-order valence-corrected chi connectivity index (χ1v) is 7.34. The Balaban J connectivity index is 2.23. The van der Waals surface area contributed by atoms with E-state index >= 15 is 0 Å². The van der Waals surface area contributed by atoms with Crippen molar-refractivity contribution in [3.63, 3.8) is 0 Å². The Kier molecular flexibility index (Phi) is 4.56. The van der Waals surface area contributed by atoms with Crippen molar-refractivity contribution in [2.24, 2.45) is 11.8 Å². The quantitative estimate of drug-likeness (QED) is 0.798. The number of nitriles is 1. The first-order valence-electron chi connectivity index (χ1n) is 6.55. The van der Waals surface area contributed by atoms with Crippen LogP contribution in [0, 0.1) is 23.2 Å². The van der Waals surface area contributed by atoms with Gasteiger partial charge in [-0.3, -0.25) is 9.59 Å². The van der Waals surface area contributed by atoms with Gasteiger partial charge in [0, 0.05) is 16.7 Å². The standard InChI is InChI=1S/C15H15BrN2O2/c1-10(9-17)14(19)13-6-3-7-18(15(13)20)12-5-2-4-11(16)8-12/h2,4-5,8,10,13H,3,6-7H2,1H3. The van der Waals surface area contributed by atoms with Gasteiger partial charge in [-0.25, -0.2) is 0 Å². The van der Waals surface area contributed by atoms with Gasteiger partial charge in [-0.15, -0.1) is 0 Å². The summed E-state index contributed by atoms with van der Waals surface area (Å²) in [6.45, 7) is 2.16. The number of amides is 1. The Morgan fingerprint density at radius 1 is 1.55 bits per heavy atom. The van der Waals surface area contributed by atoms with E-state index in [4.69, 9.17) is 5.26 Å². The average Bonchev–Trinajstić information content (AvgIpc) is 2.46. The van der Waals surface area contributed by atoms with Crippen LogP contribution in [0.1, 0.15) is 19.8 Å². The van der Waals surface area contributed by atoms with Crippen LogP contribution in [-0.2, 0) is 9.59 Å². The molecule has 1 aromatic rings. The lowest BCUT2D eigenvalue weighted by Crippen LogP contribution is -2.45. The minimum atomic E-state index is -0.730. The van der Waals surface area contributed by atoms with Crippen LogP contribution in [0.15, 0.2) is 28.7 Å². The molecule has 1 saturated heterocycles. The second-order valence-corrected chi connectivity index (χ2v) is 5.83. The number of carbonyl (C=O) groups is 2. The SMILES string of the molecule is CC(C#N)C(=O)C1CCCN(c2cccc(Br)c2)C1=O. The second-order valence-electron chi connectivity index (χ2n) is 4.92. The Hall–Kier alpha value is -1.67. The van der Waals surface area contributed by atoms with Crippen LogP contribution in [-0.4, -0.2) is 18.2 Å². The summed E-state index contributed by atoms with van der Waals surface area (Å²) in [5.41, 5.74) is 0.784. The number of hydrogen-bond donors (Lipinski definition) is 0. The molecule has 20 heavy (non-hydrogen) atoms. The van der Waals surface area contributed by atoms with Gasteiger partial charge in [-0.2, -0.15) is 5.26 Å². The zero-order valence-corrected chi connectivity index (χ0v) is 12.8. The van der Waals surface area contributed by atoms with Gasteiger partial charge >= 0.3 is 0 Å². The molecule has 0 spiro atoms. The van der Waals surface area contributed by atoms with Crippen LogP contribution in [0.25, 0.3) is 0 Å². The van der Waals surface area contributed by atoms with Gasteiger partial charge in [0.1, 0.15) is 5.92 Å². The minimum Gasteiger partial charge on any atom is -0.312 e. The van der Waals surface area contributed by atoms with E-state index in [1.807, 2.05) is 30.3 Å². The van der Waals surface area contributed by atoms with Crippen LogP contribution in [0.3, 0.4) is 0 Å². The van der Waals surface area contributed by atoms with Gasteiger partial charge in [0.05, 0.1) is 12.0 Å². The van der Waals surface area contributed by atoms with Gasteiger partial charge < -0.3 is 4.90 Å². The molecular weight excluding hydrogens is 320 g/mol. The average molecular weight is 335 g/mol. The predicted octanol–water partition coefficient (Wildman–Crippen LogP) is 2.92. The molecule has 104 valence electrons. The summed E-state index contributed by atoms with van der Waals surface area (Å²) < 4.78 is 0.890. The first kappa shape index (κ1) is 14.7. The molecule has 1 aliphatic heterocycles. The number of nitrogens with zero attached hydrogens (tertiary/aromatic N) is 2. The maximum absolute atomic E-state index is 12.5. The summed E-state index contributed by atoms with van der Waals surface area (Å²) in [5.74, 6) is -1.87. The van der Waals surface area contributed by atoms with Gasteiger partial charge in [0.2, 0.25) is 5.91 Å². The number of piperidine rings is 1. The summed E-state index contributed by atoms with van der Waals surface area (Å²) >= 11 is 3.38. The van der Waals surface area contributed by atoms with E-state index in [1.54, 1.807) is 11.8 Å². The number of rotatable bonds is 3. The van der Waals surface area contributed by atoms with Crippen molar-refractivity contribution in [3.05, 3.63) is 28.7 Å². The van der Waals surface area contributed by atoms with E-state index in [0.29, 0.717) is 13.0 Å². The molecule has 1 fully saturated rings. The smallest absolute Gasteiger partial charge is 0.237 e. The van der Waals surface area contributed by atoms with Crippen LogP contribution in [0.4, 0.5) is 5.69 Å². The molecule has 1 amide bonds. The molecule has 0 saturated carbocycles. The summed E-state index contributed by atoms with van der Waals surface area (Å²) in [6, 6.07) is 9.37. The van der Waals surface area contributed by atoms with Gasteiger partial charge in [0.15, 0.2) is 5.78 Å². The van der Waals surface area contributed by atoms with Crippen LogP contribution in [0.5, 0.6) is 0 Å². The number of Topliss-reactive ketones (excluding diaryl/α,β-unsaturated/α-hetero) is 1. The molecule has 1 heterocycles. The molecule has 0 aromatic heterocycles. The Labute approximate surface area is 126 Å². The lowest BCUT2D eigenvalue weighted by atomic mass is 9.87. The number of halogens is 1. The first-order chi connectivity index (χ1) is 9.54. The highest BCUT2D eigenvalue weighted by atomic mass is 79.9. The van der Waals surface area contributed by atoms with Crippen molar-refractivity contribution < 1.29 is 9.59 Å². The minimum absolute atomic E-state index is 0.193. The van der Waals surface area contributed by atoms with E-state index < -0.39 is 11.8 Å². The Morgan fingerprint density at radius 2 is 2.30 bits per heavy atom. The molecule has 4 nitrogen and oxygen atoms in total. The summed E-state index contributed by atoms with van der Waals surface area (Å²) in [4.78, 5) is 26.2. The molecule has 1 aliphatic rings. The number of carbonyl (C=O) groups excluding carboxylic acids is 2. The Morgan fingerprint density at radius 3 is 2.95 bits per heavy atom. The highest BCUT2D eigenvalue weighted by Gasteiger charge is 2.36. The summed E-state index contributed by atoms with van der Waals surface area (Å²) in [7, 11) is 0. The van der Waals surface area contributed by atoms with Gasteiger partial charge in [0.25, 0.3) is 0 Å². The molecule has 2 atom stereocenters. The van der Waals surface area contributed by atoms with E-state index in [0.717, 1.165) is 16.6 Å². The number of hydrogen-bond acceptors (Lipinski definition) is 3.